The zero-order valence-electron chi connectivity index (χ0n) is 15.4. The fourth-order valence-corrected chi connectivity index (χ4v) is 2.14. The number of benzene rings is 1. The second-order valence-electron chi connectivity index (χ2n) is 6.92. The lowest BCUT2D eigenvalue weighted by atomic mass is 9.92. The molecule has 0 aliphatic heterocycles. The summed E-state index contributed by atoms with van der Waals surface area (Å²) in [4.78, 5) is 0. The summed E-state index contributed by atoms with van der Waals surface area (Å²) in [5, 5.41) is 9.65. The molecular weight excluding hydrogens is 445 g/mol. The standard InChI is InChI=1S/C17H17F11O2/c1-9(2)8-30-11-5-3-10(4-6-11)12(29)7-13(18,19)14(20,21)15(22,23)16(24,25)17(26,27)28/h3-6,9,12,29H,7-8H2,1-2H3. The number of rotatable bonds is 9. The van der Waals surface area contributed by atoms with E-state index in [1.54, 1.807) is 13.8 Å². The van der Waals surface area contributed by atoms with Crippen LogP contribution in [0.5, 0.6) is 5.75 Å². The number of ether oxygens (including phenoxy) is 1. The molecule has 2 nitrogen and oxygen atoms in total. The van der Waals surface area contributed by atoms with Crippen LogP contribution < -0.4 is 4.74 Å². The summed E-state index contributed by atoms with van der Waals surface area (Å²) in [6, 6.07) is 4.08. The molecule has 0 bridgehead atoms. The molecule has 1 N–H and O–H groups in total. The van der Waals surface area contributed by atoms with Crippen molar-refractivity contribution < 1.29 is 58.1 Å². The molecule has 174 valence electrons. The van der Waals surface area contributed by atoms with Gasteiger partial charge in [-0.05, 0) is 23.6 Å². The van der Waals surface area contributed by atoms with E-state index < -0.39 is 48.0 Å². The summed E-state index contributed by atoms with van der Waals surface area (Å²) in [6.45, 7) is 3.85. The van der Waals surface area contributed by atoms with Crippen molar-refractivity contribution in [1.29, 1.82) is 0 Å². The zero-order valence-corrected chi connectivity index (χ0v) is 15.4. The quantitative estimate of drug-likeness (QED) is 0.440. The Bertz CT molecular complexity index is 697. The van der Waals surface area contributed by atoms with Crippen LogP contribution in [0.2, 0.25) is 0 Å². The van der Waals surface area contributed by atoms with E-state index in [9.17, 15) is 53.4 Å². The van der Waals surface area contributed by atoms with Crippen molar-refractivity contribution in [3.8, 4) is 5.75 Å². The molecule has 0 radical (unpaired) electrons. The lowest BCUT2D eigenvalue weighted by molar-refractivity contribution is -0.423. The number of alkyl halides is 11. The molecule has 1 aromatic carbocycles. The Morgan fingerprint density at radius 2 is 1.23 bits per heavy atom. The van der Waals surface area contributed by atoms with Gasteiger partial charge in [0.05, 0.1) is 12.7 Å². The molecule has 1 rings (SSSR count). The van der Waals surface area contributed by atoms with Gasteiger partial charge in [-0.1, -0.05) is 26.0 Å². The Labute approximate surface area is 163 Å². The number of hydrogen-bond acceptors (Lipinski definition) is 2. The molecule has 0 saturated carbocycles. The van der Waals surface area contributed by atoms with E-state index in [4.69, 9.17) is 4.74 Å². The van der Waals surface area contributed by atoms with E-state index in [0.29, 0.717) is 0 Å². The van der Waals surface area contributed by atoms with Crippen LogP contribution in [0, 0.1) is 5.92 Å². The van der Waals surface area contributed by atoms with Gasteiger partial charge < -0.3 is 9.84 Å². The molecular formula is C17H17F11O2. The highest BCUT2D eigenvalue weighted by atomic mass is 19.4. The Balaban J connectivity index is 3.07. The molecule has 1 unspecified atom stereocenters. The minimum Gasteiger partial charge on any atom is -0.493 e. The number of hydrogen-bond donors (Lipinski definition) is 1. The van der Waals surface area contributed by atoms with Gasteiger partial charge in [0, 0.05) is 6.42 Å². The van der Waals surface area contributed by atoms with Gasteiger partial charge in [0.1, 0.15) is 5.75 Å². The van der Waals surface area contributed by atoms with Crippen LogP contribution in [-0.4, -0.2) is 41.6 Å². The van der Waals surface area contributed by atoms with Gasteiger partial charge >= 0.3 is 29.9 Å². The average molecular weight is 462 g/mol. The molecule has 1 atom stereocenters. The van der Waals surface area contributed by atoms with Crippen molar-refractivity contribution in [2.24, 2.45) is 5.92 Å². The van der Waals surface area contributed by atoms with E-state index in [-0.39, 0.29) is 18.3 Å². The summed E-state index contributed by atoms with van der Waals surface area (Å²) in [6.07, 6.45) is -12.4. The molecule has 0 amide bonds. The van der Waals surface area contributed by atoms with Gasteiger partial charge in [0.2, 0.25) is 0 Å². The summed E-state index contributed by atoms with van der Waals surface area (Å²) < 4.78 is 148. The van der Waals surface area contributed by atoms with Crippen LogP contribution in [0.15, 0.2) is 24.3 Å². The molecule has 1 aromatic rings. The van der Waals surface area contributed by atoms with Gasteiger partial charge in [0.25, 0.3) is 0 Å². The van der Waals surface area contributed by atoms with Crippen LogP contribution in [-0.2, 0) is 0 Å². The number of aliphatic hydroxyl groups is 1. The summed E-state index contributed by atoms with van der Waals surface area (Å²) in [5.41, 5.74) is -0.506. The summed E-state index contributed by atoms with van der Waals surface area (Å²) in [7, 11) is 0. The van der Waals surface area contributed by atoms with Crippen LogP contribution in [0.1, 0.15) is 31.9 Å². The fourth-order valence-electron chi connectivity index (χ4n) is 2.14. The first-order valence-corrected chi connectivity index (χ1v) is 8.26. The lowest BCUT2D eigenvalue weighted by Gasteiger charge is -2.37. The number of halogens is 11. The molecule has 13 heteroatoms. The van der Waals surface area contributed by atoms with Gasteiger partial charge in [-0.2, -0.15) is 48.3 Å². The van der Waals surface area contributed by atoms with Gasteiger partial charge in [-0.3, -0.25) is 0 Å². The van der Waals surface area contributed by atoms with Gasteiger partial charge in [-0.25, -0.2) is 0 Å². The Morgan fingerprint density at radius 3 is 1.63 bits per heavy atom. The van der Waals surface area contributed by atoms with Crippen LogP contribution in [0.3, 0.4) is 0 Å². The van der Waals surface area contributed by atoms with Crippen molar-refractivity contribution in [2.75, 3.05) is 6.61 Å². The molecule has 0 spiro atoms. The van der Waals surface area contributed by atoms with Gasteiger partial charge in [0.15, 0.2) is 0 Å². The van der Waals surface area contributed by atoms with Crippen LogP contribution in [0.25, 0.3) is 0 Å². The maximum Gasteiger partial charge on any atom is 0.460 e. The van der Waals surface area contributed by atoms with Crippen molar-refractivity contribution in [2.45, 2.75) is 56.2 Å². The third-order valence-electron chi connectivity index (χ3n) is 3.90. The van der Waals surface area contributed by atoms with Gasteiger partial charge in [-0.15, -0.1) is 0 Å². The first-order chi connectivity index (χ1) is 13.3. The Morgan fingerprint density at radius 1 is 0.767 bits per heavy atom. The third-order valence-corrected chi connectivity index (χ3v) is 3.90. The minimum absolute atomic E-state index is 0.104. The zero-order chi connectivity index (χ0) is 23.8. The molecule has 0 aromatic heterocycles. The molecule has 0 aliphatic carbocycles. The van der Waals surface area contributed by atoms with Crippen molar-refractivity contribution >= 4 is 0 Å². The second-order valence-corrected chi connectivity index (χ2v) is 6.92. The normalized spacial score (nSPS) is 15.4. The molecule has 0 fully saturated rings. The van der Waals surface area contributed by atoms with E-state index in [1.165, 1.54) is 0 Å². The fraction of sp³-hybridized carbons (Fsp3) is 0.647. The van der Waals surface area contributed by atoms with Crippen LogP contribution >= 0.6 is 0 Å². The SMILES string of the molecule is CC(C)COc1ccc(C(O)CC(F)(F)C(F)(F)C(F)(F)C(F)(F)C(F)(F)F)cc1. The average Bonchev–Trinajstić information content (AvgIpc) is 2.58. The smallest absolute Gasteiger partial charge is 0.460 e. The maximum atomic E-state index is 13.7. The van der Waals surface area contributed by atoms with E-state index in [1.807, 2.05) is 0 Å². The maximum absolute atomic E-state index is 13.7. The largest absolute Gasteiger partial charge is 0.493 e. The molecule has 30 heavy (non-hydrogen) atoms. The first-order valence-electron chi connectivity index (χ1n) is 8.26. The minimum atomic E-state index is -7.49. The predicted molar refractivity (Wildman–Crippen MR) is 82.2 cm³/mol. The highest BCUT2D eigenvalue weighted by Crippen LogP contribution is 2.58. The van der Waals surface area contributed by atoms with Crippen LogP contribution in [0.4, 0.5) is 48.3 Å². The lowest BCUT2D eigenvalue weighted by Crippen LogP contribution is -2.66. The Hall–Kier alpha value is -1.79. The molecule has 0 aliphatic rings. The van der Waals surface area contributed by atoms with Crippen molar-refractivity contribution in [3.05, 3.63) is 29.8 Å². The van der Waals surface area contributed by atoms with E-state index >= 15 is 0 Å². The second kappa shape index (κ2) is 8.39. The first kappa shape index (κ1) is 26.2. The summed E-state index contributed by atoms with van der Waals surface area (Å²) >= 11 is 0. The third kappa shape index (κ3) is 4.92. The molecule has 0 saturated heterocycles. The van der Waals surface area contributed by atoms with E-state index in [0.717, 1.165) is 24.3 Å². The van der Waals surface area contributed by atoms with Crippen molar-refractivity contribution in [3.63, 3.8) is 0 Å². The van der Waals surface area contributed by atoms with Crippen molar-refractivity contribution in [1.82, 2.24) is 0 Å². The molecule has 0 heterocycles. The highest BCUT2D eigenvalue weighted by Gasteiger charge is 2.87. The topological polar surface area (TPSA) is 29.5 Å². The summed E-state index contributed by atoms with van der Waals surface area (Å²) in [5.74, 6) is -27.9. The monoisotopic (exact) mass is 462 g/mol. The van der Waals surface area contributed by atoms with E-state index in [2.05, 4.69) is 0 Å². The number of aliphatic hydroxyl groups excluding tert-OH is 1. The Kier molecular flexibility index (Phi) is 7.34. The highest BCUT2D eigenvalue weighted by molar-refractivity contribution is 5.29. The predicted octanol–water partition coefficient (Wildman–Crippen LogP) is 6.25.